The number of methoxy groups -OCH3 is 1. The zero-order chi connectivity index (χ0) is 86.3. The number of aromatic amines is 1. The van der Waals surface area contributed by atoms with Crippen LogP contribution in [-0.4, -0.2) is 213 Å². The number of phenols is 1. The highest BCUT2D eigenvalue weighted by Crippen LogP contribution is 2.31. The van der Waals surface area contributed by atoms with Crippen LogP contribution in [0.1, 0.15) is 122 Å². The van der Waals surface area contributed by atoms with Gasteiger partial charge in [0.05, 0.1) is 29.1 Å². The Bertz CT molecular complexity index is 4600. The van der Waals surface area contributed by atoms with Gasteiger partial charge >= 0.3 is 5.63 Å². The van der Waals surface area contributed by atoms with E-state index in [-0.39, 0.29) is 132 Å². The Morgan fingerprint density at radius 3 is 1.94 bits per heavy atom. The predicted molar refractivity (Wildman–Crippen MR) is 440 cm³/mol. The summed E-state index contributed by atoms with van der Waals surface area (Å²) in [5.41, 5.74) is 23.9. The van der Waals surface area contributed by atoms with Crippen molar-refractivity contribution in [3.05, 3.63) is 145 Å². The maximum atomic E-state index is 14.7. The van der Waals surface area contributed by atoms with E-state index in [1.807, 2.05) is 36.6 Å². The number of H-pyrrole nitrogens is 1. The van der Waals surface area contributed by atoms with Crippen molar-refractivity contribution in [3.63, 3.8) is 0 Å². The standard InChI is InChI=1S/C69H99N19O16S.C10H8O3/c1-5-14-51(62(94)83-55(35-43-38-76-48-16-7-6-15-46(43)48)64(96)81-52(27-32-105-4)61(93)75-29-11-9-17-50(59(72)91)79-49-26-23-44(87(101)102)36-58(49)88(103)104)80-60(92)39(2)78-63(95)54(33-41-21-24-45(90)25-22-41)84-66(98)57-20-13-31-86(57)68(100)53(18-8-10-28-70)82-65(97)56-19-12-30-85(56)67(99)47(71)34-42(40(3)89)37-77-69(73)74;1-12-8-4-2-7-3-5-10(11)13-9(7)6-8/h6-7,15-16,21-26,36,38-39,42,47,50-57,76,79,90H,5,8-14,17-20,27-35,37,70-71H2,1-4H3,(H2,72,91)(H,75,93)(H,78,95)(H,80,92)(H,81,96)(H,82,97)(H,83,94)(H,84,98)(H4,73,74,77);2-6H,1H3/t39-,42?,47-,50-,51-,52-,53-,54-,55-,56-,57-;/m0./s1. The number of nitro benzene ring substituents is 2. The number of likely N-dealkylation sites (tertiary alicyclic amines) is 2. The van der Waals surface area contributed by atoms with Crippen molar-refractivity contribution >= 4 is 122 Å². The number of unbranched alkanes of at least 4 members (excludes halogenated alkanes) is 2. The molecule has 2 aliphatic heterocycles. The predicted octanol–water partition coefficient (Wildman–Crippen LogP) is 2.53. The molecule has 0 bridgehead atoms. The zero-order valence-electron chi connectivity index (χ0n) is 66.5. The lowest BCUT2D eigenvalue weighted by Gasteiger charge is -2.32. The molecule has 20 N–H and O–H groups in total. The van der Waals surface area contributed by atoms with Crippen molar-refractivity contribution in [2.75, 3.05) is 57.2 Å². The first-order valence-electron chi connectivity index (χ1n) is 39.0. The fourth-order valence-electron chi connectivity index (χ4n) is 13.8. The van der Waals surface area contributed by atoms with Crippen LogP contribution < -0.4 is 81.1 Å². The van der Waals surface area contributed by atoms with Crippen LogP contribution in [0.3, 0.4) is 0 Å². The van der Waals surface area contributed by atoms with Crippen molar-refractivity contribution in [2.24, 2.45) is 28.9 Å². The van der Waals surface area contributed by atoms with Crippen molar-refractivity contribution in [1.82, 2.24) is 57.3 Å². The number of carbonyl (C=O) groups excluding carboxylic acids is 11. The van der Waals surface area contributed by atoms with Gasteiger partial charge in [0.15, 0.2) is 5.96 Å². The van der Waals surface area contributed by atoms with Gasteiger partial charge < -0.3 is 99.8 Å². The van der Waals surface area contributed by atoms with Gasteiger partial charge in [-0.1, -0.05) is 43.7 Å². The number of Topliss-reactive ketones (excluding diaryl/α,β-unsaturated/α-hetero) is 1. The monoisotopic (exact) mass is 1660 g/mol. The first-order chi connectivity index (χ1) is 56.3. The first kappa shape index (κ1) is 92.9. The van der Waals surface area contributed by atoms with E-state index in [1.54, 1.807) is 38.4 Å². The summed E-state index contributed by atoms with van der Waals surface area (Å²) in [5.74, 6) is -7.50. The molecule has 2 fully saturated rings. The normalized spacial score (nSPS) is 16.0. The Balaban J connectivity index is 0.00000133. The SMILES string of the molecule is CCC[C@H](NC(=O)[C@H](C)NC(=O)[C@H](Cc1ccc(O)cc1)NC(=O)[C@@H]1CCCN1C(=O)[C@H](CCCCN)NC(=O)[C@@H]1CCCN1C(=O)[C@@H](N)CC(CNC(=N)N)C(C)=O)C(=O)N[C@@H](Cc1c[nH]c2ccccc12)C(=O)N[C@@H](CCSC)C(=O)NCCCC[C@H](Nc1ccc([N+](=O)[O-])cc1[N+](=O)[O-])C(N)=O.COc1ccc2ccc(=O)oc2c1. The van der Waals surface area contributed by atoms with E-state index >= 15 is 0 Å². The van der Waals surface area contributed by atoms with Gasteiger partial charge in [0, 0.05) is 85.6 Å². The van der Waals surface area contributed by atoms with Gasteiger partial charge in [-0.2, -0.15) is 11.8 Å². The fourth-order valence-corrected chi connectivity index (χ4v) is 14.3. The third kappa shape index (κ3) is 27.4. The Kier molecular flexibility index (Phi) is 36.1. The number of hydrogen-bond donors (Lipinski definition) is 16. The third-order valence-corrected chi connectivity index (χ3v) is 20.9. The summed E-state index contributed by atoms with van der Waals surface area (Å²) in [7, 11) is 1.57. The number of ether oxygens (including phenoxy) is 1. The van der Waals surface area contributed by atoms with Crippen LogP contribution in [0.15, 0.2) is 112 Å². The second-order valence-corrected chi connectivity index (χ2v) is 29.9. The van der Waals surface area contributed by atoms with Crippen LogP contribution in [0.25, 0.3) is 21.9 Å². The Labute approximate surface area is 684 Å². The quantitative estimate of drug-likeness (QED) is 0.00652. The Hall–Kier alpha value is -12.3. The van der Waals surface area contributed by atoms with Crippen molar-refractivity contribution in [2.45, 2.75) is 184 Å². The van der Waals surface area contributed by atoms with E-state index in [0.717, 1.165) is 34.5 Å². The zero-order valence-corrected chi connectivity index (χ0v) is 67.3. The molecule has 4 heterocycles. The number of aromatic nitrogens is 1. The van der Waals surface area contributed by atoms with E-state index in [1.165, 1.54) is 65.7 Å². The van der Waals surface area contributed by atoms with Crippen LogP contribution in [-0.2, 0) is 65.6 Å². The van der Waals surface area contributed by atoms with Crippen LogP contribution >= 0.6 is 11.8 Å². The number of para-hydroxylation sites is 1. The number of rotatable bonds is 44. The molecule has 0 aliphatic carbocycles. The summed E-state index contributed by atoms with van der Waals surface area (Å²) in [6.45, 7) is 5.05. The summed E-state index contributed by atoms with van der Waals surface area (Å²) < 4.78 is 9.97. The van der Waals surface area contributed by atoms with Gasteiger partial charge in [0.25, 0.3) is 11.4 Å². The number of fused-ring (bicyclic) bond motifs is 2. The summed E-state index contributed by atoms with van der Waals surface area (Å²) in [6, 6.07) is 12.3. The molecule has 0 radical (unpaired) electrons. The number of aromatic hydroxyl groups is 1. The highest BCUT2D eigenvalue weighted by molar-refractivity contribution is 7.98. The smallest absolute Gasteiger partial charge is 0.336 e. The van der Waals surface area contributed by atoms with E-state index < -0.39 is 147 Å². The minimum atomic E-state index is -1.40. The maximum Gasteiger partial charge on any atom is 0.336 e. The van der Waals surface area contributed by atoms with Gasteiger partial charge in [0.1, 0.15) is 82.9 Å². The topological polar surface area (TPSA) is 592 Å². The number of benzene rings is 4. The molecule has 10 amide bonds. The maximum absolute atomic E-state index is 14.7. The minimum Gasteiger partial charge on any atom is -0.508 e. The largest absolute Gasteiger partial charge is 0.508 e. The lowest BCUT2D eigenvalue weighted by atomic mass is 9.95. The molecule has 8 rings (SSSR count). The number of nitrogens with one attached hydrogen (secondary N) is 11. The number of nitrogens with two attached hydrogens (primary N) is 4. The number of non-ortho nitro benzene ring substituents is 1. The van der Waals surface area contributed by atoms with Crippen molar-refractivity contribution in [1.29, 1.82) is 5.41 Å². The van der Waals surface area contributed by atoms with Crippen LogP contribution in [0.5, 0.6) is 11.5 Å². The summed E-state index contributed by atoms with van der Waals surface area (Å²) in [6.07, 6.45) is 6.56. The van der Waals surface area contributed by atoms with Crippen LogP contribution in [0, 0.1) is 31.6 Å². The molecule has 638 valence electrons. The molecule has 2 aliphatic rings. The van der Waals surface area contributed by atoms with Gasteiger partial charge in [-0.3, -0.25) is 78.4 Å². The van der Waals surface area contributed by atoms with E-state index in [4.69, 9.17) is 37.5 Å². The van der Waals surface area contributed by atoms with E-state index in [0.29, 0.717) is 60.3 Å². The Morgan fingerprint density at radius 2 is 1.31 bits per heavy atom. The number of carbonyl (C=O) groups is 11. The molecule has 38 nitrogen and oxygen atoms in total. The number of guanidine groups is 1. The number of hydrogen-bond acceptors (Lipinski definition) is 24. The van der Waals surface area contributed by atoms with E-state index in [2.05, 4.69) is 52.8 Å². The van der Waals surface area contributed by atoms with Crippen molar-refractivity contribution in [3.8, 4) is 11.5 Å². The summed E-state index contributed by atoms with van der Waals surface area (Å²) in [4.78, 5) is 192. The fraction of sp³-hybridized carbons (Fsp3) is 0.481. The molecule has 0 saturated carbocycles. The average molecular weight is 1660 g/mol. The van der Waals surface area contributed by atoms with Gasteiger partial charge in [-0.15, -0.1) is 0 Å². The van der Waals surface area contributed by atoms with Crippen molar-refractivity contribution < 1.29 is 76.8 Å². The molecule has 39 heteroatoms. The second kappa shape index (κ2) is 45.9. The number of ketones is 1. The minimum absolute atomic E-state index is 0.0257. The molecular formula is C79H107N19O19S. The molecule has 2 aromatic heterocycles. The number of nitro groups is 2. The lowest BCUT2D eigenvalue weighted by Crippen LogP contribution is -2.60. The molecule has 2 saturated heterocycles. The number of primary amides is 1. The number of amides is 10. The molecular weight excluding hydrogens is 1550 g/mol. The van der Waals surface area contributed by atoms with E-state index in [9.17, 15) is 82.9 Å². The third-order valence-electron chi connectivity index (χ3n) is 20.3. The molecule has 0 spiro atoms. The Morgan fingerprint density at radius 1 is 0.695 bits per heavy atom. The number of nitrogens with zero attached hydrogens (tertiary/aromatic N) is 4. The van der Waals surface area contributed by atoms with Gasteiger partial charge in [-0.25, -0.2) is 4.79 Å². The molecule has 6 aromatic rings. The summed E-state index contributed by atoms with van der Waals surface area (Å²) >= 11 is 1.41. The molecule has 11 atom stereocenters. The molecule has 118 heavy (non-hydrogen) atoms. The molecule has 1 unspecified atom stereocenters. The molecule has 4 aromatic carbocycles. The first-order valence-corrected chi connectivity index (χ1v) is 40.4. The average Bonchev–Trinajstić information content (AvgIpc) is 1.64. The summed E-state index contributed by atoms with van der Waals surface area (Å²) in [5, 5.41) is 66.9. The number of thioether (sulfide) groups is 1. The second-order valence-electron chi connectivity index (χ2n) is 28.9. The lowest BCUT2D eigenvalue weighted by molar-refractivity contribution is -0.393. The van der Waals surface area contributed by atoms with Gasteiger partial charge in [-0.05, 0) is 169 Å². The number of phenolic OH excluding ortho intramolecular Hbond substituents is 1. The van der Waals surface area contributed by atoms with Crippen LogP contribution in [0.2, 0.25) is 0 Å². The number of anilines is 1. The highest BCUT2D eigenvalue weighted by Gasteiger charge is 2.43. The van der Waals surface area contributed by atoms with Crippen LogP contribution in [0.4, 0.5) is 17.1 Å². The highest BCUT2D eigenvalue weighted by atomic mass is 32.2. The van der Waals surface area contributed by atoms with Gasteiger partial charge in [0.2, 0.25) is 59.1 Å².